The number of esters is 1. The van der Waals surface area contributed by atoms with Gasteiger partial charge in [0.2, 0.25) is 0 Å². The molecule has 17 heavy (non-hydrogen) atoms. The van der Waals surface area contributed by atoms with Crippen molar-refractivity contribution in [3.63, 3.8) is 0 Å². The summed E-state index contributed by atoms with van der Waals surface area (Å²) in [6.07, 6.45) is -5.45. The first-order chi connectivity index (χ1) is 7.79. The molecular weight excluding hydrogens is 241 g/mol. The number of benzene rings is 1. The van der Waals surface area contributed by atoms with Crippen molar-refractivity contribution in [1.29, 1.82) is 0 Å². The molecule has 7 heteroatoms. The van der Waals surface area contributed by atoms with Gasteiger partial charge in [-0.3, -0.25) is 9.59 Å². The van der Waals surface area contributed by atoms with Crippen LogP contribution < -0.4 is 4.74 Å². The molecule has 4 nitrogen and oxygen atoms in total. The third-order valence-electron chi connectivity index (χ3n) is 1.69. The Morgan fingerprint density at radius 3 is 2.47 bits per heavy atom. The molecule has 0 amide bonds. The summed E-state index contributed by atoms with van der Waals surface area (Å²) in [6.45, 7) is 0. The van der Waals surface area contributed by atoms with Gasteiger partial charge in [0.05, 0.1) is 5.56 Å². The fourth-order valence-corrected chi connectivity index (χ4v) is 1.03. The Morgan fingerprint density at radius 1 is 1.29 bits per heavy atom. The molecule has 0 aliphatic rings. The van der Waals surface area contributed by atoms with Crippen molar-refractivity contribution in [2.45, 2.75) is 12.6 Å². The second kappa shape index (κ2) is 4.86. The van der Waals surface area contributed by atoms with Crippen LogP contribution in [0.1, 0.15) is 12.0 Å². The van der Waals surface area contributed by atoms with Gasteiger partial charge >= 0.3 is 18.1 Å². The summed E-state index contributed by atoms with van der Waals surface area (Å²) in [4.78, 5) is 21.0. The van der Waals surface area contributed by atoms with E-state index in [4.69, 9.17) is 5.11 Å². The van der Waals surface area contributed by atoms with E-state index in [9.17, 15) is 22.8 Å². The Labute approximate surface area is 93.6 Å². The smallest absolute Gasteiger partial charge is 0.416 e. The highest BCUT2D eigenvalue weighted by molar-refractivity contribution is 5.91. The second-order valence-electron chi connectivity index (χ2n) is 3.07. The largest absolute Gasteiger partial charge is 0.481 e. The third kappa shape index (κ3) is 4.13. The molecule has 0 aliphatic heterocycles. The van der Waals surface area contributed by atoms with Crippen molar-refractivity contribution in [2.75, 3.05) is 0 Å². The predicted octanol–water partition coefficient (Wildman–Crippen LogP) is 2.09. The summed E-state index contributed by atoms with van der Waals surface area (Å²) >= 11 is 0. The highest BCUT2D eigenvalue weighted by atomic mass is 19.4. The van der Waals surface area contributed by atoms with E-state index in [-0.39, 0.29) is 5.75 Å². The maximum Gasteiger partial charge on any atom is 0.416 e. The van der Waals surface area contributed by atoms with Crippen molar-refractivity contribution in [3.05, 3.63) is 29.8 Å². The predicted molar refractivity (Wildman–Crippen MR) is 49.3 cm³/mol. The van der Waals surface area contributed by atoms with Gasteiger partial charge in [-0.25, -0.2) is 0 Å². The lowest BCUT2D eigenvalue weighted by Crippen LogP contribution is -2.13. The van der Waals surface area contributed by atoms with E-state index in [1.54, 1.807) is 0 Å². The summed E-state index contributed by atoms with van der Waals surface area (Å²) in [5.74, 6) is -2.88. The molecule has 1 rings (SSSR count). The Hall–Kier alpha value is -2.05. The minimum absolute atomic E-state index is 0.342. The van der Waals surface area contributed by atoms with Gasteiger partial charge in [-0.1, -0.05) is 6.07 Å². The number of hydrogen-bond acceptors (Lipinski definition) is 3. The normalized spacial score (nSPS) is 11.0. The first kappa shape index (κ1) is 13.0. The topological polar surface area (TPSA) is 63.6 Å². The van der Waals surface area contributed by atoms with Gasteiger partial charge in [0.25, 0.3) is 0 Å². The van der Waals surface area contributed by atoms with Crippen LogP contribution in [0.5, 0.6) is 5.75 Å². The lowest BCUT2D eigenvalue weighted by Gasteiger charge is -2.08. The van der Waals surface area contributed by atoms with Crippen LogP contribution in [-0.2, 0) is 15.8 Å². The summed E-state index contributed by atoms with van der Waals surface area (Å²) in [6, 6.07) is 3.63. The zero-order chi connectivity index (χ0) is 13.1. The van der Waals surface area contributed by atoms with Crippen molar-refractivity contribution in [1.82, 2.24) is 0 Å². The quantitative estimate of drug-likeness (QED) is 0.505. The molecule has 0 unspecified atom stereocenters. The van der Waals surface area contributed by atoms with Crippen LogP contribution in [0.3, 0.4) is 0 Å². The van der Waals surface area contributed by atoms with E-state index in [1.165, 1.54) is 0 Å². The highest BCUT2D eigenvalue weighted by Crippen LogP contribution is 2.31. The summed E-state index contributed by atoms with van der Waals surface area (Å²) in [5, 5.41) is 8.26. The van der Waals surface area contributed by atoms with Crippen molar-refractivity contribution in [2.24, 2.45) is 0 Å². The molecule has 0 saturated heterocycles. The second-order valence-corrected chi connectivity index (χ2v) is 3.07. The van der Waals surface area contributed by atoms with Crippen LogP contribution in [0, 0.1) is 0 Å². The number of carboxylic acid groups (broad SMARTS) is 1. The molecule has 0 heterocycles. The molecule has 0 fully saturated rings. The van der Waals surface area contributed by atoms with E-state index in [1.807, 2.05) is 0 Å². The Bertz CT molecular complexity index is 439. The number of carboxylic acids is 1. The van der Waals surface area contributed by atoms with Gasteiger partial charge in [-0.2, -0.15) is 13.2 Å². The van der Waals surface area contributed by atoms with Gasteiger partial charge < -0.3 is 9.84 Å². The highest BCUT2D eigenvalue weighted by Gasteiger charge is 2.30. The molecule has 92 valence electrons. The van der Waals surface area contributed by atoms with Gasteiger partial charge in [0, 0.05) is 0 Å². The SMILES string of the molecule is O=C(O)CC(=O)Oc1cccc(C(F)(F)F)c1. The number of carbonyl (C=O) groups is 2. The standard InChI is InChI=1S/C10H7F3O4/c11-10(12,13)6-2-1-3-7(4-6)17-9(16)5-8(14)15/h1-4H,5H2,(H,14,15). The number of halogens is 3. The first-order valence-corrected chi connectivity index (χ1v) is 4.39. The van der Waals surface area contributed by atoms with E-state index in [0.29, 0.717) is 6.07 Å². The number of ether oxygens (including phenoxy) is 1. The van der Waals surface area contributed by atoms with E-state index >= 15 is 0 Å². The summed E-state index contributed by atoms with van der Waals surface area (Å²) in [7, 11) is 0. The van der Waals surface area contributed by atoms with Crippen LogP contribution in [0.15, 0.2) is 24.3 Å². The van der Waals surface area contributed by atoms with Crippen molar-refractivity contribution < 1.29 is 32.6 Å². The van der Waals surface area contributed by atoms with Crippen LogP contribution in [0.25, 0.3) is 0 Å². The van der Waals surface area contributed by atoms with Crippen LogP contribution in [0.2, 0.25) is 0 Å². The average Bonchev–Trinajstić information content (AvgIpc) is 2.15. The lowest BCUT2D eigenvalue weighted by atomic mass is 10.2. The third-order valence-corrected chi connectivity index (χ3v) is 1.69. The maximum absolute atomic E-state index is 12.3. The van der Waals surface area contributed by atoms with Crippen molar-refractivity contribution in [3.8, 4) is 5.75 Å². The molecule has 1 aromatic carbocycles. The molecule has 1 aromatic rings. The maximum atomic E-state index is 12.3. The molecule has 1 N–H and O–H groups in total. The molecule has 0 radical (unpaired) electrons. The van der Waals surface area contributed by atoms with E-state index in [0.717, 1.165) is 18.2 Å². The molecule has 0 saturated carbocycles. The molecule has 0 aliphatic carbocycles. The zero-order valence-corrected chi connectivity index (χ0v) is 8.32. The molecular formula is C10H7F3O4. The Balaban J connectivity index is 2.79. The number of hydrogen-bond donors (Lipinski definition) is 1. The zero-order valence-electron chi connectivity index (χ0n) is 8.32. The number of rotatable bonds is 3. The van der Waals surface area contributed by atoms with Gasteiger partial charge in [-0.15, -0.1) is 0 Å². The fourth-order valence-electron chi connectivity index (χ4n) is 1.03. The van der Waals surface area contributed by atoms with Gasteiger partial charge in [0.15, 0.2) is 0 Å². The summed E-state index contributed by atoms with van der Waals surface area (Å²) in [5.41, 5.74) is -0.974. The van der Waals surface area contributed by atoms with Gasteiger partial charge in [0.1, 0.15) is 12.2 Å². The van der Waals surface area contributed by atoms with Gasteiger partial charge in [-0.05, 0) is 18.2 Å². The van der Waals surface area contributed by atoms with E-state index < -0.39 is 30.1 Å². The lowest BCUT2D eigenvalue weighted by molar-refractivity contribution is -0.146. The van der Waals surface area contributed by atoms with Crippen LogP contribution >= 0.6 is 0 Å². The fraction of sp³-hybridized carbons (Fsp3) is 0.200. The first-order valence-electron chi connectivity index (χ1n) is 4.39. The average molecular weight is 248 g/mol. The van der Waals surface area contributed by atoms with Crippen LogP contribution in [-0.4, -0.2) is 17.0 Å². The molecule has 0 spiro atoms. The molecule has 0 atom stereocenters. The van der Waals surface area contributed by atoms with Crippen LogP contribution in [0.4, 0.5) is 13.2 Å². The number of carbonyl (C=O) groups excluding carboxylic acids is 1. The minimum Gasteiger partial charge on any atom is -0.481 e. The van der Waals surface area contributed by atoms with E-state index in [2.05, 4.69) is 4.74 Å². The molecule has 0 bridgehead atoms. The number of alkyl halides is 3. The minimum atomic E-state index is -4.55. The van der Waals surface area contributed by atoms with Crippen molar-refractivity contribution >= 4 is 11.9 Å². The molecule has 0 aromatic heterocycles. The Morgan fingerprint density at radius 2 is 1.94 bits per heavy atom. The monoisotopic (exact) mass is 248 g/mol. The Kier molecular flexibility index (Phi) is 3.72. The number of aliphatic carboxylic acids is 1. The summed E-state index contributed by atoms with van der Waals surface area (Å²) < 4.78 is 41.3.